The van der Waals surface area contributed by atoms with Crippen molar-refractivity contribution in [2.45, 2.75) is 124 Å². The second-order valence-electron chi connectivity index (χ2n) is 9.88. The summed E-state index contributed by atoms with van der Waals surface area (Å²) in [4.78, 5) is 1.59. The van der Waals surface area contributed by atoms with E-state index in [0.717, 1.165) is 0 Å². The zero-order valence-electron chi connectivity index (χ0n) is 22.1. The molecule has 1 N–H and O–H groups in total. The zero-order chi connectivity index (χ0) is 21.5. The first-order chi connectivity index (χ1) is 13.4. The molecule has 0 aromatic rings. The molecule has 0 saturated heterocycles. The Morgan fingerprint density at radius 1 is 0.500 bits per heavy atom. The molecule has 0 rings (SSSR count). The third kappa shape index (κ3) is 36.7. The molecular weight excluding hydrogens is 594 g/mol. The van der Waals surface area contributed by atoms with Gasteiger partial charge in [-0.15, -0.1) is 0 Å². The molecule has 0 atom stereocenters. The van der Waals surface area contributed by atoms with E-state index in [1.54, 1.807) is 4.90 Å². The van der Waals surface area contributed by atoms with Crippen molar-refractivity contribution in [1.29, 1.82) is 0 Å². The second kappa shape index (κ2) is 30.4. The molecule has 4 heteroatoms. The Morgan fingerprint density at radius 2 is 0.833 bits per heavy atom. The fraction of sp³-hybridized carbons (Fsp3) is 1.00. The van der Waals surface area contributed by atoms with Gasteiger partial charge in [-0.25, -0.2) is 0 Å². The lowest BCUT2D eigenvalue weighted by Gasteiger charge is -2.28. The number of hydrogen-bond acceptors (Lipinski definition) is 0. The second-order valence-corrected chi connectivity index (χ2v) is 9.88. The summed E-state index contributed by atoms with van der Waals surface area (Å²) in [6.07, 6.45) is 22.9. The lowest BCUT2D eigenvalue weighted by molar-refractivity contribution is -0.888. The normalized spacial score (nSPS) is 10.8. The van der Waals surface area contributed by atoms with E-state index in [2.05, 4.69) is 49.0 Å². The summed E-state index contributed by atoms with van der Waals surface area (Å²) >= 11 is 0. The van der Waals surface area contributed by atoms with Crippen molar-refractivity contribution in [3.05, 3.63) is 0 Å². The first-order valence-corrected chi connectivity index (χ1v) is 13.0. The summed E-state index contributed by atoms with van der Waals surface area (Å²) in [5, 5.41) is 0. The van der Waals surface area contributed by atoms with E-state index in [9.17, 15) is 0 Å². The van der Waals surface area contributed by atoms with E-state index in [4.69, 9.17) is 0 Å². The molecule has 0 saturated carbocycles. The van der Waals surface area contributed by atoms with Crippen LogP contribution in [0.4, 0.5) is 0 Å². The predicted molar refractivity (Wildman–Crippen MR) is 130 cm³/mol. The highest BCUT2D eigenvalue weighted by Gasteiger charge is 2.09. The van der Waals surface area contributed by atoms with Crippen LogP contribution in [0.25, 0.3) is 0 Å². The molecule has 0 amide bonds. The highest BCUT2D eigenvalue weighted by Crippen LogP contribution is 2.10. The van der Waals surface area contributed by atoms with Gasteiger partial charge >= 0.3 is 0 Å². The van der Waals surface area contributed by atoms with Crippen LogP contribution in [0, 0.1) is 0 Å². The molecule has 0 unspecified atom stereocenters. The third-order valence-electron chi connectivity index (χ3n) is 6.00. The highest BCUT2D eigenvalue weighted by atomic mass is 127. The van der Waals surface area contributed by atoms with Crippen molar-refractivity contribution >= 4 is 0 Å². The SMILES string of the molecule is CCCCCCCCCC[N+](C)(C)CC.CCCCCCCCCC[NH+](C)C.[I-].[I-]. The summed E-state index contributed by atoms with van der Waals surface area (Å²) in [6.45, 7) is 10.8. The zero-order valence-corrected chi connectivity index (χ0v) is 26.5. The minimum atomic E-state index is 0. The number of nitrogens with zero attached hydrogens (tertiary/aromatic N) is 1. The van der Waals surface area contributed by atoms with E-state index in [0.29, 0.717) is 0 Å². The van der Waals surface area contributed by atoms with Crippen LogP contribution in [0.15, 0.2) is 0 Å². The summed E-state index contributed by atoms with van der Waals surface area (Å²) in [6, 6.07) is 0. The minimum absolute atomic E-state index is 0. The maximum atomic E-state index is 2.33. The van der Waals surface area contributed by atoms with Gasteiger partial charge in [-0.2, -0.15) is 0 Å². The van der Waals surface area contributed by atoms with Gasteiger partial charge in [0.25, 0.3) is 0 Å². The van der Waals surface area contributed by atoms with E-state index in [1.807, 2.05) is 0 Å². The van der Waals surface area contributed by atoms with E-state index in [1.165, 1.54) is 127 Å². The molecule has 0 aromatic heterocycles. The fourth-order valence-electron chi connectivity index (χ4n) is 3.44. The average Bonchev–Trinajstić information content (AvgIpc) is 2.66. The van der Waals surface area contributed by atoms with Crippen molar-refractivity contribution in [2.24, 2.45) is 0 Å². The average molecular weight is 655 g/mol. The molecular formula is C26H60I2N2. The first-order valence-electron chi connectivity index (χ1n) is 13.0. The summed E-state index contributed by atoms with van der Waals surface area (Å²) < 4.78 is 1.19. The Kier molecular flexibility index (Phi) is 39.1. The van der Waals surface area contributed by atoms with Crippen molar-refractivity contribution in [2.75, 3.05) is 47.8 Å². The molecule has 30 heavy (non-hydrogen) atoms. The largest absolute Gasteiger partial charge is 1.00 e. The van der Waals surface area contributed by atoms with E-state index < -0.39 is 0 Å². The molecule has 0 aliphatic rings. The Morgan fingerprint density at radius 3 is 1.17 bits per heavy atom. The monoisotopic (exact) mass is 654 g/mol. The Hall–Kier alpha value is 1.38. The van der Waals surface area contributed by atoms with Crippen molar-refractivity contribution < 1.29 is 57.3 Å². The fourth-order valence-corrected chi connectivity index (χ4v) is 3.44. The molecule has 0 aliphatic carbocycles. The van der Waals surface area contributed by atoms with E-state index >= 15 is 0 Å². The maximum absolute atomic E-state index is 2.33. The molecule has 0 radical (unpaired) electrons. The van der Waals surface area contributed by atoms with Gasteiger partial charge < -0.3 is 57.3 Å². The van der Waals surface area contributed by atoms with Gasteiger partial charge in [0, 0.05) is 0 Å². The predicted octanol–water partition coefficient (Wildman–Crippen LogP) is 0.503. The van der Waals surface area contributed by atoms with Crippen molar-refractivity contribution in [3.8, 4) is 0 Å². The number of nitrogens with one attached hydrogen (secondary N) is 1. The van der Waals surface area contributed by atoms with Gasteiger partial charge in [-0.1, -0.05) is 90.9 Å². The maximum Gasteiger partial charge on any atom is 0.0782 e. The molecule has 0 spiro atoms. The molecule has 0 aliphatic heterocycles. The van der Waals surface area contributed by atoms with Crippen molar-refractivity contribution in [3.63, 3.8) is 0 Å². The molecule has 0 aromatic carbocycles. The lowest BCUT2D eigenvalue weighted by Crippen LogP contribution is -3.05. The highest BCUT2D eigenvalue weighted by molar-refractivity contribution is 4.46. The third-order valence-corrected chi connectivity index (χ3v) is 6.00. The van der Waals surface area contributed by atoms with Crippen LogP contribution >= 0.6 is 0 Å². The molecule has 0 bridgehead atoms. The number of halogens is 2. The summed E-state index contributed by atoms with van der Waals surface area (Å²) in [7, 11) is 9.14. The minimum Gasteiger partial charge on any atom is -1.00 e. The van der Waals surface area contributed by atoms with Crippen LogP contribution in [0.2, 0.25) is 0 Å². The first kappa shape index (κ1) is 38.6. The smallest absolute Gasteiger partial charge is 0.0782 e. The topological polar surface area (TPSA) is 4.44 Å². The summed E-state index contributed by atoms with van der Waals surface area (Å²) in [5.41, 5.74) is 0. The van der Waals surface area contributed by atoms with Crippen LogP contribution in [0.3, 0.4) is 0 Å². The summed E-state index contributed by atoms with van der Waals surface area (Å²) in [5.74, 6) is 0. The number of quaternary nitrogens is 2. The molecule has 0 heterocycles. The molecule has 0 fully saturated rings. The van der Waals surface area contributed by atoms with Crippen LogP contribution in [-0.4, -0.2) is 52.3 Å². The number of rotatable bonds is 19. The van der Waals surface area contributed by atoms with Gasteiger partial charge in [0.1, 0.15) is 0 Å². The van der Waals surface area contributed by atoms with Crippen LogP contribution < -0.4 is 52.9 Å². The van der Waals surface area contributed by atoms with Crippen LogP contribution in [0.1, 0.15) is 124 Å². The van der Waals surface area contributed by atoms with E-state index in [-0.39, 0.29) is 48.0 Å². The van der Waals surface area contributed by atoms with Gasteiger partial charge in [-0.05, 0) is 32.6 Å². The number of unbranched alkanes of at least 4 members (excludes halogenated alkanes) is 14. The quantitative estimate of drug-likeness (QED) is 0.118. The number of hydrogen-bond donors (Lipinski definition) is 1. The van der Waals surface area contributed by atoms with Crippen LogP contribution in [0.5, 0.6) is 0 Å². The van der Waals surface area contributed by atoms with Gasteiger partial charge in [0.2, 0.25) is 0 Å². The Labute approximate surface area is 227 Å². The van der Waals surface area contributed by atoms with Crippen molar-refractivity contribution in [1.82, 2.24) is 0 Å². The van der Waals surface area contributed by atoms with Gasteiger partial charge in [0.05, 0.1) is 47.8 Å². The van der Waals surface area contributed by atoms with Crippen LogP contribution in [-0.2, 0) is 0 Å². The van der Waals surface area contributed by atoms with Gasteiger partial charge in [-0.3, -0.25) is 0 Å². The Bertz CT molecular complexity index is 284. The standard InChI is InChI=1S/C14H32N.C12H27N.2HI/c1-5-7-8-9-10-11-12-13-14-15(3,4)6-2;1-4-5-6-7-8-9-10-11-12-13(2)3;;/h5-14H2,1-4H3;4-12H2,1-3H3;2*1H/q+1;;;/p-1. The van der Waals surface area contributed by atoms with Gasteiger partial charge in [0.15, 0.2) is 0 Å². The lowest BCUT2D eigenvalue weighted by atomic mass is 10.1. The Balaban J connectivity index is -0.000000213. The molecule has 2 nitrogen and oxygen atoms in total. The molecule has 188 valence electrons.